The number of hydrogen-bond acceptors (Lipinski definition) is 6. The summed E-state index contributed by atoms with van der Waals surface area (Å²) in [6, 6.07) is 19.0. The molecule has 0 aliphatic heterocycles. The Morgan fingerprint density at radius 2 is 1.78 bits per heavy atom. The fourth-order valence-electron chi connectivity index (χ4n) is 5.05. The molecule has 180 valence electrons. The first-order valence-electron chi connectivity index (χ1n) is 12.0. The molecular weight excluding hydrogens is 454 g/mol. The largest absolute Gasteiger partial charge is 0.457 e. The van der Waals surface area contributed by atoms with Crippen molar-refractivity contribution in [3.63, 3.8) is 0 Å². The lowest BCUT2D eigenvalue weighted by Gasteiger charge is -2.13. The van der Waals surface area contributed by atoms with E-state index >= 15 is 0 Å². The molecule has 0 radical (unpaired) electrons. The van der Waals surface area contributed by atoms with Crippen molar-refractivity contribution in [3.05, 3.63) is 84.4 Å². The highest BCUT2D eigenvalue weighted by Gasteiger charge is 2.33. The van der Waals surface area contributed by atoms with Crippen molar-refractivity contribution in [2.75, 3.05) is 11.1 Å². The van der Waals surface area contributed by atoms with E-state index < -0.39 is 0 Å². The first kappa shape index (κ1) is 21.8. The van der Waals surface area contributed by atoms with Crippen LogP contribution < -0.4 is 15.8 Å². The van der Waals surface area contributed by atoms with Gasteiger partial charge in [0.05, 0.1) is 11.3 Å². The van der Waals surface area contributed by atoms with E-state index in [0.29, 0.717) is 34.0 Å². The Morgan fingerprint density at radius 3 is 2.50 bits per heavy atom. The van der Waals surface area contributed by atoms with Crippen molar-refractivity contribution in [2.24, 2.45) is 0 Å². The molecule has 0 spiro atoms. The molecule has 5 aromatic rings. The van der Waals surface area contributed by atoms with Gasteiger partial charge in [0.25, 0.3) is 5.91 Å². The van der Waals surface area contributed by atoms with Gasteiger partial charge in [-0.25, -0.2) is 9.50 Å². The maximum absolute atomic E-state index is 13.8. The molecule has 0 atom stereocenters. The zero-order chi connectivity index (χ0) is 24.5. The van der Waals surface area contributed by atoms with Crippen LogP contribution in [-0.4, -0.2) is 30.7 Å². The van der Waals surface area contributed by atoms with E-state index in [4.69, 9.17) is 10.5 Å². The molecule has 3 aromatic heterocycles. The highest BCUT2D eigenvalue weighted by atomic mass is 16.5. The van der Waals surface area contributed by atoms with Gasteiger partial charge < -0.3 is 15.8 Å². The molecule has 6 rings (SSSR count). The van der Waals surface area contributed by atoms with Crippen molar-refractivity contribution >= 4 is 23.1 Å². The standard InChI is InChI=1S/C27H25N7O2/c28-26-25-22(17-10-12-20(13-11-17)36-19-8-2-1-3-9-19)23(27(35)32-21-14-15-30-33-21)24(18-6-4-5-7-18)34(25)31-16-29-26/h1-3,8-16,18H,4-7H2,(H2,28,29,31)(H2,30,32,33,35). The normalized spacial score (nSPS) is 13.8. The van der Waals surface area contributed by atoms with Crippen LogP contribution in [0.5, 0.6) is 11.5 Å². The van der Waals surface area contributed by atoms with Crippen molar-refractivity contribution in [1.82, 2.24) is 24.8 Å². The summed E-state index contributed by atoms with van der Waals surface area (Å²) in [5.41, 5.74) is 9.97. The van der Waals surface area contributed by atoms with Gasteiger partial charge in [-0.15, -0.1) is 0 Å². The van der Waals surface area contributed by atoms with Crippen LogP contribution >= 0.6 is 0 Å². The Morgan fingerprint density at radius 1 is 1.03 bits per heavy atom. The van der Waals surface area contributed by atoms with E-state index in [1.807, 2.05) is 59.1 Å². The summed E-state index contributed by atoms with van der Waals surface area (Å²) in [6.07, 6.45) is 7.31. The molecule has 0 saturated heterocycles. The number of ether oxygens (including phenoxy) is 1. The number of benzene rings is 2. The average molecular weight is 480 g/mol. The van der Waals surface area contributed by atoms with Crippen molar-refractivity contribution in [2.45, 2.75) is 31.6 Å². The number of fused-ring (bicyclic) bond motifs is 1. The molecule has 1 aliphatic carbocycles. The van der Waals surface area contributed by atoms with E-state index in [-0.39, 0.29) is 11.8 Å². The number of carbonyl (C=O) groups excluding carboxylic acids is 1. The lowest BCUT2D eigenvalue weighted by atomic mass is 9.94. The summed E-state index contributed by atoms with van der Waals surface area (Å²) in [6.45, 7) is 0. The predicted molar refractivity (Wildman–Crippen MR) is 137 cm³/mol. The number of rotatable bonds is 6. The molecule has 0 bridgehead atoms. The van der Waals surface area contributed by atoms with E-state index in [1.165, 1.54) is 6.33 Å². The zero-order valence-electron chi connectivity index (χ0n) is 19.5. The number of H-pyrrole nitrogens is 1. The quantitative estimate of drug-likeness (QED) is 0.299. The number of nitrogen functional groups attached to an aromatic ring is 1. The number of anilines is 2. The Balaban J connectivity index is 1.50. The van der Waals surface area contributed by atoms with Crippen LogP contribution in [-0.2, 0) is 0 Å². The molecule has 36 heavy (non-hydrogen) atoms. The fraction of sp³-hybridized carbons (Fsp3) is 0.185. The van der Waals surface area contributed by atoms with Gasteiger partial charge in [-0.3, -0.25) is 9.89 Å². The number of hydrogen-bond donors (Lipinski definition) is 3. The van der Waals surface area contributed by atoms with Crippen molar-refractivity contribution in [3.8, 4) is 22.6 Å². The number of nitrogens with zero attached hydrogens (tertiary/aromatic N) is 4. The molecule has 2 aromatic carbocycles. The summed E-state index contributed by atoms with van der Waals surface area (Å²) in [5, 5.41) is 14.3. The second kappa shape index (κ2) is 9.18. The van der Waals surface area contributed by atoms with E-state index in [2.05, 4.69) is 25.6 Å². The summed E-state index contributed by atoms with van der Waals surface area (Å²) in [4.78, 5) is 18.0. The first-order chi connectivity index (χ1) is 17.7. The second-order valence-corrected chi connectivity index (χ2v) is 8.88. The molecule has 3 heterocycles. The third-order valence-corrected chi connectivity index (χ3v) is 6.62. The topological polar surface area (TPSA) is 123 Å². The van der Waals surface area contributed by atoms with Crippen LogP contribution in [0, 0.1) is 0 Å². The summed E-state index contributed by atoms with van der Waals surface area (Å²) >= 11 is 0. The zero-order valence-corrected chi connectivity index (χ0v) is 19.5. The average Bonchev–Trinajstić information content (AvgIpc) is 3.66. The Kier molecular flexibility index (Phi) is 5.57. The molecule has 1 saturated carbocycles. The Bertz CT molecular complexity index is 1500. The lowest BCUT2D eigenvalue weighted by molar-refractivity contribution is 0.102. The third-order valence-electron chi connectivity index (χ3n) is 6.62. The van der Waals surface area contributed by atoms with Crippen LogP contribution in [0.15, 0.2) is 73.2 Å². The van der Waals surface area contributed by atoms with Crippen molar-refractivity contribution in [1.29, 1.82) is 0 Å². The first-order valence-corrected chi connectivity index (χ1v) is 12.0. The Labute approximate surface area is 207 Å². The van der Waals surface area contributed by atoms with Gasteiger partial charge in [-0.05, 0) is 42.7 Å². The number of para-hydroxylation sites is 1. The summed E-state index contributed by atoms with van der Waals surface area (Å²) in [5.74, 6) is 2.15. The van der Waals surface area contributed by atoms with Crippen molar-refractivity contribution < 1.29 is 9.53 Å². The highest BCUT2D eigenvalue weighted by Crippen LogP contribution is 2.43. The number of amides is 1. The van der Waals surface area contributed by atoms with Crippen LogP contribution in [0.25, 0.3) is 16.6 Å². The van der Waals surface area contributed by atoms with Gasteiger partial charge in [0.1, 0.15) is 23.3 Å². The van der Waals surface area contributed by atoms with Gasteiger partial charge >= 0.3 is 0 Å². The van der Waals surface area contributed by atoms with Gasteiger partial charge in [0.2, 0.25) is 0 Å². The molecule has 1 aliphatic rings. The van der Waals surface area contributed by atoms with Gasteiger partial charge in [-0.2, -0.15) is 10.2 Å². The number of nitrogens with two attached hydrogens (primary N) is 1. The summed E-state index contributed by atoms with van der Waals surface area (Å²) < 4.78 is 7.78. The van der Waals surface area contributed by atoms with Gasteiger partial charge in [-0.1, -0.05) is 43.2 Å². The minimum atomic E-state index is -0.256. The van der Waals surface area contributed by atoms with Gasteiger partial charge in [0, 0.05) is 23.7 Å². The fourth-order valence-corrected chi connectivity index (χ4v) is 5.05. The molecule has 9 heteroatoms. The monoisotopic (exact) mass is 479 g/mol. The lowest BCUT2D eigenvalue weighted by Crippen LogP contribution is -2.16. The highest BCUT2D eigenvalue weighted by molar-refractivity contribution is 6.13. The SMILES string of the molecule is Nc1ncnn2c(C3CCCC3)c(C(=O)Nc3cc[nH]n3)c(-c3ccc(Oc4ccccc4)cc3)c12. The maximum atomic E-state index is 13.8. The molecule has 4 N–H and O–H groups in total. The van der Waals surface area contributed by atoms with E-state index in [1.54, 1.807) is 12.3 Å². The third kappa shape index (κ3) is 3.94. The molecule has 9 nitrogen and oxygen atoms in total. The number of carbonyl (C=O) groups is 1. The van der Waals surface area contributed by atoms with Crippen LogP contribution in [0.3, 0.4) is 0 Å². The van der Waals surface area contributed by atoms with Crippen LogP contribution in [0.2, 0.25) is 0 Å². The minimum absolute atomic E-state index is 0.196. The number of aromatic nitrogens is 5. The molecule has 1 fully saturated rings. The molecule has 0 unspecified atom stereocenters. The molecular formula is C27H25N7O2. The summed E-state index contributed by atoms with van der Waals surface area (Å²) in [7, 11) is 0. The minimum Gasteiger partial charge on any atom is -0.457 e. The van der Waals surface area contributed by atoms with E-state index in [0.717, 1.165) is 42.7 Å². The Hall–Kier alpha value is -4.66. The second-order valence-electron chi connectivity index (χ2n) is 8.88. The number of nitrogens with one attached hydrogen (secondary N) is 2. The maximum Gasteiger partial charge on any atom is 0.259 e. The number of aromatic amines is 1. The van der Waals surface area contributed by atoms with Crippen LogP contribution in [0.4, 0.5) is 11.6 Å². The van der Waals surface area contributed by atoms with E-state index in [9.17, 15) is 4.79 Å². The molecule has 1 amide bonds. The van der Waals surface area contributed by atoms with Crippen LogP contribution in [0.1, 0.15) is 47.7 Å². The van der Waals surface area contributed by atoms with Gasteiger partial charge in [0.15, 0.2) is 11.6 Å². The predicted octanol–water partition coefficient (Wildman–Crippen LogP) is 5.40. The smallest absolute Gasteiger partial charge is 0.259 e.